The van der Waals surface area contributed by atoms with Crippen LogP contribution in [-0.4, -0.2) is 88.0 Å². The second-order valence-electron chi connectivity index (χ2n) is 7.36. The standard InChI is InChI=1S/C17H15F3N8O5S3/c1-27-16(24-25-26-27)36-4-6-3-34-12-9(11(30)28(12)10(6)13(31)32)22-8(29)2-7-5-35-15(21-7)23-14(33)17(18,19)20/h5,9,12H,2-4H2,1H3,(H,22,29)(H,31,32)(H,21,23,33)/t9?,12-/m0/s1. The van der Waals surface area contributed by atoms with Gasteiger partial charge in [0.05, 0.1) is 12.1 Å². The summed E-state index contributed by atoms with van der Waals surface area (Å²) in [5, 5.41) is 25.7. The number of carboxylic acid groups (broad SMARTS) is 1. The molecule has 0 aromatic carbocycles. The Bertz CT molecular complexity index is 1260. The van der Waals surface area contributed by atoms with Gasteiger partial charge in [0.2, 0.25) is 11.1 Å². The summed E-state index contributed by atoms with van der Waals surface area (Å²) in [5.41, 5.74) is 0.450. The molecule has 0 saturated carbocycles. The fourth-order valence-electron chi connectivity index (χ4n) is 3.29. The van der Waals surface area contributed by atoms with Gasteiger partial charge in [-0.15, -0.1) is 28.2 Å². The largest absolute Gasteiger partial charge is 0.477 e. The Labute approximate surface area is 211 Å². The molecule has 1 fully saturated rings. The Morgan fingerprint density at radius 1 is 1.33 bits per heavy atom. The van der Waals surface area contributed by atoms with Gasteiger partial charge < -0.3 is 10.4 Å². The van der Waals surface area contributed by atoms with E-state index in [2.05, 4.69) is 25.8 Å². The summed E-state index contributed by atoms with van der Waals surface area (Å²) in [4.78, 5) is 53.0. The summed E-state index contributed by atoms with van der Waals surface area (Å²) in [6.07, 6.45) is -5.43. The van der Waals surface area contributed by atoms with Crippen LogP contribution in [0.25, 0.3) is 0 Å². The fraction of sp³-hybridized carbons (Fsp3) is 0.412. The van der Waals surface area contributed by atoms with E-state index in [4.69, 9.17) is 0 Å². The monoisotopic (exact) mass is 564 g/mol. The van der Waals surface area contributed by atoms with Gasteiger partial charge in [0.25, 0.3) is 5.91 Å². The van der Waals surface area contributed by atoms with Gasteiger partial charge in [-0.25, -0.2) is 14.5 Å². The van der Waals surface area contributed by atoms with Crippen molar-refractivity contribution in [2.75, 3.05) is 16.8 Å². The number of rotatable bonds is 8. The van der Waals surface area contributed by atoms with Gasteiger partial charge >= 0.3 is 18.1 Å². The number of hydrogen-bond acceptors (Lipinski definition) is 11. The second-order valence-corrected chi connectivity index (χ2v) is 10.3. The number of halogens is 3. The number of aryl methyl sites for hydroxylation is 1. The number of fused-ring (bicyclic) bond motifs is 1. The van der Waals surface area contributed by atoms with Gasteiger partial charge in [-0.1, -0.05) is 11.8 Å². The Morgan fingerprint density at radius 3 is 2.72 bits per heavy atom. The van der Waals surface area contributed by atoms with E-state index in [1.54, 1.807) is 12.4 Å². The number of thioether (sulfide) groups is 2. The molecule has 0 bridgehead atoms. The van der Waals surface area contributed by atoms with Crippen LogP contribution in [-0.2, 0) is 32.6 Å². The fourth-order valence-corrected chi connectivity index (χ4v) is 6.33. The molecule has 0 spiro atoms. The van der Waals surface area contributed by atoms with Crippen molar-refractivity contribution in [3.05, 3.63) is 22.3 Å². The molecule has 2 aliphatic rings. The number of hydrogen-bond donors (Lipinski definition) is 3. The first kappa shape index (κ1) is 25.9. The minimum Gasteiger partial charge on any atom is -0.477 e. The van der Waals surface area contributed by atoms with Crippen LogP contribution in [0.5, 0.6) is 0 Å². The quantitative estimate of drug-likeness (QED) is 0.296. The van der Waals surface area contributed by atoms with Gasteiger partial charge in [-0.3, -0.25) is 24.6 Å². The smallest absolute Gasteiger partial charge is 0.471 e. The van der Waals surface area contributed by atoms with Crippen molar-refractivity contribution in [3.63, 3.8) is 0 Å². The normalized spacial score (nSPS) is 19.6. The molecule has 1 unspecified atom stereocenters. The zero-order valence-electron chi connectivity index (χ0n) is 18.0. The third kappa shape index (κ3) is 5.31. The van der Waals surface area contributed by atoms with E-state index in [0.717, 1.165) is 4.90 Å². The lowest BCUT2D eigenvalue weighted by molar-refractivity contribution is -0.167. The Kier molecular flexibility index (Phi) is 7.23. The van der Waals surface area contributed by atoms with E-state index in [0.29, 0.717) is 27.8 Å². The number of anilines is 1. The van der Waals surface area contributed by atoms with E-state index >= 15 is 0 Å². The SMILES string of the molecule is Cn1nnnc1SCC1=C(C(=O)O)N2C(=O)C(NC(=O)Cc3csc(NC(=O)C(F)(F)F)n3)[C@@H]2SC1. The molecule has 1 saturated heterocycles. The van der Waals surface area contributed by atoms with Crippen LogP contribution in [0.2, 0.25) is 0 Å². The summed E-state index contributed by atoms with van der Waals surface area (Å²) in [6.45, 7) is 0. The van der Waals surface area contributed by atoms with Gasteiger partial charge in [0.1, 0.15) is 17.1 Å². The van der Waals surface area contributed by atoms with Crippen LogP contribution >= 0.6 is 34.9 Å². The summed E-state index contributed by atoms with van der Waals surface area (Å²) in [6, 6.07) is -0.975. The average molecular weight is 565 g/mol. The predicted octanol–water partition coefficient (Wildman–Crippen LogP) is 0.241. The van der Waals surface area contributed by atoms with Crippen LogP contribution in [0.1, 0.15) is 5.69 Å². The average Bonchev–Trinajstić information content (AvgIpc) is 3.42. The van der Waals surface area contributed by atoms with Gasteiger partial charge in [0, 0.05) is 23.9 Å². The Balaban J connectivity index is 1.36. The molecular formula is C17H15F3N8O5S3. The van der Waals surface area contributed by atoms with Crippen molar-refractivity contribution >= 4 is 63.7 Å². The maximum Gasteiger partial charge on any atom is 0.471 e. The molecular weight excluding hydrogens is 549 g/mol. The van der Waals surface area contributed by atoms with Gasteiger partial charge in [-0.2, -0.15) is 13.2 Å². The molecule has 0 aliphatic carbocycles. The maximum absolute atomic E-state index is 12.7. The number of thiazole rings is 1. The lowest BCUT2D eigenvalue weighted by atomic mass is 10.0. The highest BCUT2D eigenvalue weighted by molar-refractivity contribution is 8.01. The van der Waals surface area contributed by atoms with Crippen LogP contribution in [0.15, 0.2) is 21.8 Å². The highest BCUT2D eigenvalue weighted by atomic mass is 32.2. The molecule has 4 rings (SSSR count). The summed E-state index contributed by atoms with van der Waals surface area (Å²) in [7, 11) is 1.64. The molecule has 13 nitrogen and oxygen atoms in total. The van der Waals surface area contributed by atoms with Crippen LogP contribution in [0.4, 0.5) is 18.3 Å². The molecule has 3 amide bonds. The molecule has 2 aromatic rings. The maximum atomic E-state index is 12.7. The van der Waals surface area contributed by atoms with Crippen LogP contribution in [0.3, 0.4) is 0 Å². The number of nitrogens with one attached hydrogen (secondary N) is 2. The topological polar surface area (TPSA) is 172 Å². The van der Waals surface area contributed by atoms with Crippen LogP contribution in [0, 0.1) is 0 Å². The summed E-state index contributed by atoms with van der Waals surface area (Å²) >= 11 is 3.22. The summed E-state index contributed by atoms with van der Waals surface area (Å²) < 4.78 is 38.5. The van der Waals surface area contributed by atoms with E-state index in [-0.39, 0.29) is 28.7 Å². The van der Waals surface area contributed by atoms with Crippen molar-refractivity contribution in [1.82, 2.24) is 35.4 Å². The van der Waals surface area contributed by atoms with Crippen molar-refractivity contribution in [3.8, 4) is 0 Å². The zero-order valence-corrected chi connectivity index (χ0v) is 20.4. The number of alkyl halides is 3. The van der Waals surface area contributed by atoms with Gasteiger partial charge in [0.15, 0.2) is 5.13 Å². The number of aromatic nitrogens is 5. The van der Waals surface area contributed by atoms with Crippen molar-refractivity contribution in [1.29, 1.82) is 0 Å². The van der Waals surface area contributed by atoms with E-state index in [9.17, 15) is 37.5 Å². The van der Waals surface area contributed by atoms with E-state index in [1.807, 2.05) is 0 Å². The Morgan fingerprint density at radius 2 is 2.08 bits per heavy atom. The molecule has 0 radical (unpaired) electrons. The number of carbonyl (C=O) groups excluding carboxylic acids is 3. The zero-order chi connectivity index (χ0) is 26.2. The highest BCUT2D eigenvalue weighted by Crippen LogP contribution is 2.41. The number of amides is 3. The molecule has 192 valence electrons. The second kappa shape index (κ2) is 10.1. The number of carboxylic acids is 1. The molecule has 36 heavy (non-hydrogen) atoms. The number of tetrazole rings is 1. The van der Waals surface area contributed by atoms with Crippen LogP contribution < -0.4 is 10.6 Å². The third-order valence-corrected chi connectivity index (χ3v) is 8.14. The highest BCUT2D eigenvalue weighted by Gasteiger charge is 2.54. The van der Waals surface area contributed by atoms with Crippen molar-refractivity contribution in [2.45, 2.75) is 29.2 Å². The third-order valence-electron chi connectivity index (χ3n) is 4.89. The minimum absolute atomic E-state index is 0.0959. The molecule has 2 aromatic heterocycles. The first-order valence-electron chi connectivity index (χ1n) is 9.82. The molecule has 2 atom stereocenters. The number of carbonyl (C=O) groups is 4. The lowest BCUT2D eigenvalue weighted by Crippen LogP contribution is -2.70. The molecule has 19 heteroatoms. The minimum atomic E-state index is -5.08. The Hall–Kier alpha value is -3.19. The lowest BCUT2D eigenvalue weighted by Gasteiger charge is -2.49. The summed E-state index contributed by atoms with van der Waals surface area (Å²) in [5.74, 6) is -4.15. The first-order valence-corrected chi connectivity index (χ1v) is 12.7. The number of nitrogens with zero attached hydrogens (tertiary/aromatic N) is 6. The predicted molar refractivity (Wildman–Crippen MR) is 120 cm³/mol. The van der Waals surface area contributed by atoms with E-state index < -0.39 is 41.3 Å². The molecule has 2 aliphatic heterocycles. The number of aliphatic carboxylic acids is 1. The number of β-lactam (4-membered cyclic amide) rings is 1. The van der Waals surface area contributed by atoms with Crippen molar-refractivity contribution in [2.24, 2.45) is 7.05 Å². The molecule has 4 heterocycles. The van der Waals surface area contributed by atoms with E-state index in [1.165, 1.54) is 33.6 Å². The first-order chi connectivity index (χ1) is 17.0. The van der Waals surface area contributed by atoms with Gasteiger partial charge in [-0.05, 0) is 16.0 Å². The molecule has 3 N–H and O–H groups in total. The van der Waals surface area contributed by atoms with Crippen molar-refractivity contribution < 1.29 is 37.5 Å².